The quantitative estimate of drug-likeness (QED) is 0.305. The highest BCUT2D eigenvalue weighted by atomic mass is 32.2. The first kappa shape index (κ1) is 21.6. The van der Waals surface area contributed by atoms with Gasteiger partial charge in [0.15, 0.2) is 0 Å². The average molecular weight is 384 g/mol. The van der Waals surface area contributed by atoms with Crippen molar-refractivity contribution in [3.63, 3.8) is 0 Å². The van der Waals surface area contributed by atoms with Crippen molar-refractivity contribution >= 4 is 17.7 Å². The summed E-state index contributed by atoms with van der Waals surface area (Å²) in [6, 6.07) is 20.2. The molecule has 2 aromatic rings. The van der Waals surface area contributed by atoms with E-state index in [0.717, 1.165) is 23.4 Å². The molecule has 0 radical (unpaired) electrons. The van der Waals surface area contributed by atoms with Gasteiger partial charge in [0.1, 0.15) is 5.25 Å². The standard InChI is InChI=1S/C24H33NOS/c1-2-3-4-5-6-7-8-15-20-25-24(26)23(21-16-11-9-12-17-21)27-22-18-13-10-14-19-22/h9-14,16-19,23H,2-8,15,20H2,1H3,(H,25,26). The molecule has 0 aliphatic carbocycles. The van der Waals surface area contributed by atoms with Crippen LogP contribution in [0.15, 0.2) is 65.6 Å². The van der Waals surface area contributed by atoms with Gasteiger partial charge in [0.05, 0.1) is 0 Å². The van der Waals surface area contributed by atoms with Crippen molar-refractivity contribution in [1.82, 2.24) is 5.32 Å². The maximum absolute atomic E-state index is 12.8. The predicted molar refractivity (Wildman–Crippen MR) is 117 cm³/mol. The molecule has 146 valence electrons. The van der Waals surface area contributed by atoms with Crippen LogP contribution in [0, 0.1) is 0 Å². The number of nitrogens with one attached hydrogen (secondary N) is 1. The number of rotatable bonds is 13. The molecule has 2 rings (SSSR count). The number of benzene rings is 2. The summed E-state index contributed by atoms with van der Waals surface area (Å²) in [5, 5.41) is 2.95. The number of amides is 1. The van der Waals surface area contributed by atoms with Crippen molar-refractivity contribution in [1.29, 1.82) is 0 Å². The first-order chi connectivity index (χ1) is 13.3. The molecule has 0 saturated carbocycles. The third-order valence-electron chi connectivity index (χ3n) is 4.67. The van der Waals surface area contributed by atoms with Crippen LogP contribution in [0.3, 0.4) is 0 Å². The SMILES string of the molecule is CCCCCCCCCCNC(=O)C(Sc1ccccc1)c1ccccc1. The van der Waals surface area contributed by atoms with Crippen molar-refractivity contribution in [2.24, 2.45) is 0 Å². The van der Waals surface area contributed by atoms with E-state index in [4.69, 9.17) is 0 Å². The molecular formula is C24H33NOS. The Morgan fingerprint density at radius 1 is 0.815 bits per heavy atom. The highest BCUT2D eigenvalue weighted by molar-refractivity contribution is 8.00. The summed E-state index contributed by atoms with van der Waals surface area (Å²) in [5.41, 5.74) is 1.06. The maximum Gasteiger partial charge on any atom is 0.237 e. The van der Waals surface area contributed by atoms with Gasteiger partial charge in [0.25, 0.3) is 0 Å². The van der Waals surface area contributed by atoms with Crippen molar-refractivity contribution in [3.05, 3.63) is 66.2 Å². The van der Waals surface area contributed by atoms with Crippen molar-refractivity contribution < 1.29 is 4.79 Å². The zero-order valence-electron chi connectivity index (χ0n) is 16.5. The van der Waals surface area contributed by atoms with Gasteiger partial charge in [-0.1, -0.05) is 100 Å². The summed E-state index contributed by atoms with van der Waals surface area (Å²) in [7, 11) is 0. The van der Waals surface area contributed by atoms with E-state index in [2.05, 4.69) is 24.4 Å². The summed E-state index contributed by atoms with van der Waals surface area (Å²) >= 11 is 1.62. The Kier molecular flexibility index (Phi) is 10.7. The van der Waals surface area contributed by atoms with Crippen LogP contribution in [0.4, 0.5) is 0 Å². The second kappa shape index (κ2) is 13.4. The van der Waals surface area contributed by atoms with Gasteiger partial charge in [0.2, 0.25) is 5.91 Å². The first-order valence-electron chi connectivity index (χ1n) is 10.4. The van der Waals surface area contributed by atoms with Crippen molar-refractivity contribution in [2.45, 2.75) is 68.4 Å². The van der Waals surface area contributed by atoms with Crippen LogP contribution in [-0.4, -0.2) is 12.5 Å². The second-order valence-electron chi connectivity index (χ2n) is 6.99. The zero-order chi connectivity index (χ0) is 19.2. The van der Waals surface area contributed by atoms with Gasteiger partial charge in [-0.05, 0) is 24.1 Å². The summed E-state index contributed by atoms with van der Waals surface area (Å²) in [5.74, 6) is 0.109. The molecule has 2 aromatic carbocycles. The smallest absolute Gasteiger partial charge is 0.237 e. The lowest BCUT2D eigenvalue weighted by Gasteiger charge is -2.17. The molecule has 27 heavy (non-hydrogen) atoms. The fourth-order valence-corrected chi connectivity index (χ4v) is 4.17. The van der Waals surface area contributed by atoms with Gasteiger partial charge in [-0.25, -0.2) is 0 Å². The molecule has 0 aliphatic rings. The lowest BCUT2D eigenvalue weighted by atomic mass is 10.1. The molecule has 0 spiro atoms. The third kappa shape index (κ3) is 8.66. The zero-order valence-corrected chi connectivity index (χ0v) is 17.3. The first-order valence-corrected chi connectivity index (χ1v) is 11.2. The number of hydrogen-bond acceptors (Lipinski definition) is 2. The number of unbranched alkanes of at least 4 members (excludes halogenated alkanes) is 7. The van der Waals surface area contributed by atoms with E-state index in [9.17, 15) is 4.79 Å². The topological polar surface area (TPSA) is 29.1 Å². The average Bonchev–Trinajstić information content (AvgIpc) is 2.72. The van der Waals surface area contributed by atoms with Gasteiger partial charge in [-0.3, -0.25) is 4.79 Å². The van der Waals surface area contributed by atoms with Crippen LogP contribution in [0.2, 0.25) is 0 Å². The monoisotopic (exact) mass is 383 g/mol. The molecule has 0 saturated heterocycles. The number of carbonyl (C=O) groups excluding carboxylic acids is 1. The molecule has 1 N–H and O–H groups in total. The van der Waals surface area contributed by atoms with Crippen molar-refractivity contribution in [2.75, 3.05) is 6.54 Å². The van der Waals surface area contributed by atoms with E-state index in [1.807, 2.05) is 48.5 Å². The Hall–Kier alpha value is -1.74. The molecule has 0 heterocycles. The highest BCUT2D eigenvalue weighted by Crippen LogP contribution is 2.35. The van der Waals surface area contributed by atoms with E-state index in [0.29, 0.717) is 0 Å². The van der Waals surface area contributed by atoms with Gasteiger partial charge >= 0.3 is 0 Å². The van der Waals surface area contributed by atoms with Crippen LogP contribution in [0.5, 0.6) is 0 Å². The lowest BCUT2D eigenvalue weighted by Crippen LogP contribution is -2.28. The Balaban J connectivity index is 1.77. The highest BCUT2D eigenvalue weighted by Gasteiger charge is 2.21. The van der Waals surface area contributed by atoms with E-state index >= 15 is 0 Å². The van der Waals surface area contributed by atoms with Crippen LogP contribution >= 0.6 is 11.8 Å². The van der Waals surface area contributed by atoms with Gasteiger partial charge < -0.3 is 5.32 Å². The van der Waals surface area contributed by atoms with Crippen LogP contribution in [0.1, 0.15) is 69.1 Å². The van der Waals surface area contributed by atoms with Crippen LogP contribution in [0.25, 0.3) is 0 Å². The minimum Gasteiger partial charge on any atom is -0.355 e. The Labute approximate surface area is 169 Å². The minimum atomic E-state index is -0.206. The molecular weight excluding hydrogens is 350 g/mol. The second-order valence-corrected chi connectivity index (χ2v) is 8.17. The van der Waals surface area contributed by atoms with Gasteiger partial charge in [0, 0.05) is 11.4 Å². The molecule has 2 nitrogen and oxygen atoms in total. The minimum absolute atomic E-state index is 0.109. The Bertz CT molecular complexity index is 629. The fourth-order valence-electron chi connectivity index (χ4n) is 3.10. The van der Waals surface area contributed by atoms with Gasteiger partial charge in [-0.15, -0.1) is 11.8 Å². The summed E-state index contributed by atoms with van der Waals surface area (Å²) in [4.78, 5) is 13.9. The molecule has 0 fully saturated rings. The molecule has 1 amide bonds. The molecule has 0 bridgehead atoms. The molecule has 1 atom stereocenters. The predicted octanol–water partition coefficient (Wildman–Crippen LogP) is 6.78. The summed E-state index contributed by atoms with van der Waals surface area (Å²) in [6.07, 6.45) is 10.2. The van der Waals surface area contributed by atoms with Crippen LogP contribution in [-0.2, 0) is 4.79 Å². The van der Waals surface area contributed by atoms with E-state index in [-0.39, 0.29) is 11.2 Å². The Morgan fingerprint density at radius 3 is 2.00 bits per heavy atom. The van der Waals surface area contributed by atoms with E-state index in [1.54, 1.807) is 11.8 Å². The fraction of sp³-hybridized carbons (Fsp3) is 0.458. The van der Waals surface area contributed by atoms with E-state index < -0.39 is 0 Å². The molecule has 0 aromatic heterocycles. The normalized spacial score (nSPS) is 11.9. The number of carbonyl (C=O) groups is 1. The molecule has 1 unspecified atom stereocenters. The van der Waals surface area contributed by atoms with Gasteiger partial charge in [-0.2, -0.15) is 0 Å². The number of thioether (sulfide) groups is 1. The lowest BCUT2D eigenvalue weighted by molar-refractivity contribution is -0.120. The summed E-state index contributed by atoms with van der Waals surface area (Å²) in [6.45, 7) is 3.02. The van der Waals surface area contributed by atoms with Crippen molar-refractivity contribution in [3.8, 4) is 0 Å². The Morgan fingerprint density at radius 2 is 1.37 bits per heavy atom. The molecule has 3 heteroatoms. The molecule has 0 aliphatic heterocycles. The van der Waals surface area contributed by atoms with E-state index in [1.165, 1.54) is 44.9 Å². The maximum atomic E-state index is 12.8. The van der Waals surface area contributed by atoms with Crippen LogP contribution < -0.4 is 5.32 Å². The number of hydrogen-bond donors (Lipinski definition) is 1. The summed E-state index contributed by atoms with van der Waals surface area (Å²) < 4.78 is 0. The largest absolute Gasteiger partial charge is 0.355 e. The third-order valence-corrected chi connectivity index (χ3v) is 5.93.